The molecule has 0 aromatic carbocycles. The largest absolute Gasteiger partial charge is 0.466 e. The van der Waals surface area contributed by atoms with E-state index < -0.39 is 5.60 Å². The summed E-state index contributed by atoms with van der Waals surface area (Å²) >= 11 is 0. The molecule has 5 nitrogen and oxygen atoms in total. The van der Waals surface area contributed by atoms with Crippen LogP contribution in [0.1, 0.15) is 66.2 Å². The van der Waals surface area contributed by atoms with Crippen LogP contribution in [-0.4, -0.2) is 41.8 Å². The second kappa shape index (κ2) is 8.25. The highest BCUT2D eigenvalue weighted by molar-refractivity contribution is 5.70. The molecule has 0 N–H and O–H groups in total. The van der Waals surface area contributed by atoms with Gasteiger partial charge in [0, 0.05) is 19.0 Å². The van der Waals surface area contributed by atoms with E-state index in [-0.39, 0.29) is 18.1 Å². The lowest BCUT2D eigenvalue weighted by Gasteiger charge is -2.28. The molecule has 0 saturated carbocycles. The zero-order valence-corrected chi connectivity index (χ0v) is 13.8. The molecule has 1 aliphatic heterocycles. The van der Waals surface area contributed by atoms with Gasteiger partial charge >= 0.3 is 12.1 Å². The summed E-state index contributed by atoms with van der Waals surface area (Å²) in [5, 5.41) is 0. The Balaban J connectivity index is 2.36. The lowest BCUT2D eigenvalue weighted by atomic mass is 10.1. The zero-order chi connectivity index (χ0) is 15.9. The highest BCUT2D eigenvalue weighted by atomic mass is 16.6. The molecular formula is C16H29NO4. The van der Waals surface area contributed by atoms with Gasteiger partial charge < -0.3 is 14.4 Å². The lowest BCUT2D eigenvalue weighted by molar-refractivity contribution is -0.144. The third-order valence-electron chi connectivity index (χ3n) is 3.45. The van der Waals surface area contributed by atoms with Gasteiger partial charge in [0.25, 0.3) is 0 Å². The molecule has 0 radical (unpaired) electrons. The van der Waals surface area contributed by atoms with Crippen LogP contribution in [0.25, 0.3) is 0 Å². The van der Waals surface area contributed by atoms with Gasteiger partial charge in [0.15, 0.2) is 0 Å². The highest BCUT2D eigenvalue weighted by Crippen LogP contribution is 2.24. The molecule has 0 aromatic rings. The van der Waals surface area contributed by atoms with Gasteiger partial charge in [-0.25, -0.2) is 4.79 Å². The molecule has 1 fully saturated rings. The average molecular weight is 299 g/mol. The second-order valence-corrected chi connectivity index (χ2v) is 6.58. The van der Waals surface area contributed by atoms with Gasteiger partial charge in [-0.3, -0.25) is 4.79 Å². The number of ether oxygens (including phenoxy) is 2. The van der Waals surface area contributed by atoms with E-state index in [9.17, 15) is 9.59 Å². The minimum absolute atomic E-state index is 0.0959. The lowest BCUT2D eigenvalue weighted by Crippen LogP contribution is -2.40. The molecule has 1 aliphatic rings. The summed E-state index contributed by atoms with van der Waals surface area (Å²) in [5.41, 5.74) is -0.483. The fourth-order valence-electron chi connectivity index (χ4n) is 2.38. The number of carbonyl (C=O) groups excluding carboxylic acids is 2. The molecule has 0 spiro atoms. The van der Waals surface area contributed by atoms with Gasteiger partial charge in [-0.1, -0.05) is 13.3 Å². The fourth-order valence-corrected chi connectivity index (χ4v) is 2.38. The van der Waals surface area contributed by atoms with Crippen molar-refractivity contribution in [2.75, 3.05) is 13.2 Å². The van der Waals surface area contributed by atoms with Crippen LogP contribution >= 0.6 is 0 Å². The van der Waals surface area contributed by atoms with Crippen LogP contribution in [0.5, 0.6) is 0 Å². The van der Waals surface area contributed by atoms with E-state index in [1.54, 1.807) is 4.90 Å². The molecular weight excluding hydrogens is 270 g/mol. The predicted molar refractivity (Wildman–Crippen MR) is 81.1 cm³/mol. The molecule has 0 bridgehead atoms. The number of amides is 1. The summed E-state index contributed by atoms with van der Waals surface area (Å²) in [6.07, 6.45) is 4.57. The Bertz CT molecular complexity index is 349. The molecule has 5 heteroatoms. The molecule has 21 heavy (non-hydrogen) atoms. The van der Waals surface area contributed by atoms with E-state index >= 15 is 0 Å². The van der Waals surface area contributed by atoms with Crippen molar-refractivity contribution in [2.24, 2.45) is 0 Å². The number of hydrogen-bond donors (Lipinski definition) is 0. The fraction of sp³-hybridized carbons (Fsp3) is 0.875. The van der Waals surface area contributed by atoms with Crippen molar-refractivity contribution in [2.45, 2.75) is 77.9 Å². The second-order valence-electron chi connectivity index (χ2n) is 6.58. The summed E-state index contributed by atoms with van der Waals surface area (Å²) in [6, 6.07) is 0.0959. The van der Waals surface area contributed by atoms with Crippen molar-refractivity contribution in [1.29, 1.82) is 0 Å². The molecule has 1 atom stereocenters. The van der Waals surface area contributed by atoms with Crippen LogP contribution in [0.2, 0.25) is 0 Å². The van der Waals surface area contributed by atoms with Gasteiger partial charge in [-0.15, -0.1) is 0 Å². The number of carbonyl (C=O) groups is 2. The van der Waals surface area contributed by atoms with E-state index in [2.05, 4.69) is 6.92 Å². The Morgan fingerprint density at radius 2 is 2.00 bits per heavy atom. The molecule has 0 unspecified atom stereocenters. The Labute approximate surface area is 128 Å². The van der Waals surface area contributed by atoms with Crippen LogP contribution in [0, 0.1) is 0 Å². The summed E-state index contributed by atoms with van der Waals surface area (Å²) in [5.74, 6) is -0.167. The van der Waals surface area contributed by atoms with E-state index in [0.29, 0.717) is 26.0 Å². The van der Waals surface area contributed by atoms with Crippen LogP contribution in [-0.2, 0) is 14.3 Å². The standard InChI is InChI=1S/C16H29NO4/c1-5-6-12-20-14(18)10-9-13-8-7-11-17(13)15(19)21-16(2,3)4/h13H,5-12H2,1-4H3/t13-/m0/s1. The number of hydrogen-bond acceptors (Lipinski definition) is 4. The van der Waals surface area contributed by atoms with Crippen LogP contribution < -0.4 is 0 Å². The molecule has 0 aliphatic carbocycles. The smallest absolute Gasteiger partial charge is 0.410 e. The maximum atomic E-state index is 12.1. The Morgan fingerprint density at radius 3 is 2.62 bits per heavy atom. The van der Waals surface area contributed by atoms with E-state index in [1.165, 1.54) is 0 Å². The third kappa shape index (κ3) is 6.82. The first-order chi connectivity index (χ1) is 9.83. The van der Waals surface area contributed by atoms with Gasteiger partial charge in [0.05, 0.1) is 6.61 Å². The summed E-state index contributed by atoms with van der Waals surface area (Å²) < 4.78 is 10.6. The summed E-state index contributed by atoms with van der Waals surface area (Å²) in [4.78, 5) is 25.5. The third-order valence-corrected chi connectivity index (χ3v) is 3.45. The van der Waals surface area contributed by atoms with Gasteiger partial charge in [0.1, 0.15) is 5.60 Å². The van der Waals surface area contributed by atoms with E-state index in [0.717, 1.165) is 25.7 Å². The monoisotopic (exact) mass is 299 g/mol. The molecule has 1 rings (SSSR count). The number of esters is 1. The van der Waals surface area contributed by atoms with E-state index in [1.807, 2.05) is 20.8 Å². The number of rotatable bonds is 6. The minimum atomic E-state index is -0.483. The summed E-state index contributed by atoms with van der Waals surface area (Å²) in [6.45, 7) is 8.86. The molecule has 1 heterocycles. The Kier molecular flexibility index (Phi) is 6.99. The number of nitrogens with zero attached hydrogens (tertiary/aromatic N) is 1. The molecule has 0 aromatic heterocycles. The van der Waals surface area contributed by atoms with Gasteiger partial charge in [-0.2, -0.15) is 0 Å². The molecule has 122 valence electrons. The zero-order valence-electron chi connectivity index (χ0n) is 13.8. The topological polar surface area (TPSA) is 55.8 Å². The van der Waals surface area contributed by atoms with Crippen molar-refractivity contribution < 1.29 is 19.1 Å². The van der Waals surface area contributed by atoms with Crippen LogP contribution in [0.4, 0.5) is 4.79 Å². The van der Waals surface area contributed by atoms with Crippen LogP contribution in [0.15, 0.2) is 0 Å². The maximum absolute atomic E-state index is 12.1. The highest BCUT2D eigenvalue weighted by Gasteiger charge is 2.32. The molecule has 1 saturated heterocycles. The first-order valence-electron chi connectivity index (χ1n) is 7.98. The van der Waals surface area contributed by atoms with E-state index in [4.69, 9.17) is 9.47 Å². The van der Waals surface area contributed by atoms with Crippen LogP contribution in [0.3, 0.4) is 0 Å². The average Bonchev–Trinajstić information content (AvgIpc) is 2.83. The Hall–Kier alpha value is -1.26. The number of likely N-dealkylation sites (tertiary alicyclic amines) is 1. The van der Waals surface area contributed by atoms with Gasteiger partial charge in [0.2, 0.25) is 0 Å². The van der Waals surface area contributed by atoms with Crippen molar-refractivity contribution in [3.8, 4) is 0 Å². The quantitative estimate of drug-likeness (QED) is 0.556. The van der Waals surface area contributed by atoms with Crippen molar-refractivity contribution in [3.63, 3.8) is 0 Å². The normalized spacial score (nSPS) is 18.7. The van der Waals surface area contributed by atoms with Crippen molar-refractivity contribution in [3.05, 3.63) is 0 Å². The molecule has 1 amide bonds. The van der Waals surface area contributed by atoms with Gasteiger partial charge in [-0.05, 0) is 46.5 Å². The maximum Gasteiger partial charge on any atom is 0.410 e. The first-order valence-corrected chi connectivity index (χ1v) is 7.98. The minimum Gasteiger partial charge on any atom is -0.466 e. The Morgan fingerprint density at radius 1 is 1.29 bits per heavy atom. The number of unbranched alkanes of at least 4 members (excludes halogenated alkanes) is 1. The summed E-state index contributed by atoms with van der Waals surface area (Å²) in [7, 11) is 0. The van der Waals surface area contributed by atoms with Crippen molar-refractivity contribution >= 4 is 12.1 Å². The van der Waals surface area contributed by atoms with Crippen molar-refractivity contribution in [1.82, 2.24) is 4.90 Å². The first kappa shape index (κ1) is 17.8. The predicted octanol–water partition coefficient (Wildman–Crippen LogP) is 3.51. The SMILES string of the molecule is CCCCOC(=O)CC[C@@H]1CCCN1C(=O)OC(C)(C)C.